The van der Waals surface area contributed by atoms with Gasteiger partial charge in [-0.3, -0.25) is 9.59 Å². The number of ketones is 2. The zero-order valence-corrected chi connectivity index (χ0v) is 12.5. The highest BCUT2D eigenvalue weighted by molar-refractivity contribution is 6.23. The molecule has 0 radical (unpaired) electrons. The summed E-state index contributed by atoms with van der Waals surface area (Å²) >= 11 is 0. The Morgan fingerprint density at radius 3 is 1.74 bits per heavy atom. The van der Waals surface area contributed by atoms with E-state index in [0.717, 1.165) is 12.8 Å². The quantitative estimate of drug-likeness (QED) is 0.718. The lowest BCUT2D eigenvalue weighted by atomic mass is 9.71. The summed E-state index contributed by atoms with van der Waals surface area (Å²) in [5.41, 5.74) is 0.703. The van der Waals surface area contributed by atoms with Crippen LogP contribution >= 0.6 is 0 Å². The second-order valence-electron chi connectivity index (χ2n) is 4.99. The maximum absolute atomic E-state index is 12.6. The lowest BCUT2D eigenvalue weighted by molar-refractivity contribution is -0.122. The number of allylic oxidation sites excluding steroid dienone is 2. The second-order valence-corrected chi connectivity index (χ2v) is 4.99. The highest BCUT2D eigenvalue weighted by Crippen LogP contribution is 2.41. The Bertz CT molecular complexity index is 465. The van der Waals surface area contributed by atoms with E-state index in [0.29, 0.717) is 11.1 Å². The van der Waals surface area contributed by atoms with Gasteiger partial charge in [0.05, 0.1) is 14.2 Å². The molecule has 1 rings (SSSR count). The summed E-state index contributed by atoms with van der Waals surface area (Å²) in [6.07, 6.45) is 1.57. The van der Waals surface area contributed by atoms with Gasteiger partial charge >= 0.3 is 0 Å². The zero-order chi connectivity index (χ0) is 14.8. The van der Waals surface area contributed by atoms with Gasteiger partial charge in [-0.1, -0.05) is 20.8 Å². The van der Waals surface area contributed by atoms with Crippen molar-refractivity contribution in [2.24, 2.45) is 5.41 Å². The molecule has 0 atom stereocenters. The molecular weight excluding hydrogens is 244 g/mol. The van der Waals surface area contributed by atoms with Gasteiger partial charge in [0.2, 0.25) is 23.1 Å². The van der Waals surface area contributed by atoms with E-state index in [1.165, 1.54) is 14.2 Å². The lowest BCUT2D eigenvalue weighted by Crippen LogP contribution is -2.33. The van der Waals surface area contributed by atoms with Crippen LogP contribution in [0.3, 0.4) is 0 Å². The molecule has 0 N–H and O–H groups in total. The summed E-state index contributed by atoms with van der Waals surface area (Å²) in [5.74, 6) is -0.478. The molecule has 0 aromatic carbocycles. The molecule has 0 saturated heterocycles. The number of carbonyl (C=O) groups excluding carboxylic acids is 2. The normalized spacial score (nSPS) is 17.2. The predicted molar refractivity (Wildman–Crippen MR) is 72.4 cm³/mol. The number of methoxy groups -OCH3 is 2. The van der Waals surface area contributed by atoms with E-state index >= 15 is 0 Å². The van der Waals surface area contributed by atoms with Crippen LogP contribution in [0.5, 0.6) is 0 Å². The van der Waals surface area contributed by atoms with Gasteiger partial charge in [0.15, 0.2) is 0 Å². The monoisotopic (exact) mass is 266 g/mol. The van der Waals surface area contributed by atoms with Gasteiger partial charge < -0.3 is 9.47 Å². The van der Waals surface area contributed by atoms with Crippen molar-refractivity contribution >= 4 is 11.6 Å². The first-order chi connectivity index (χ1) is 8.87. The highest BCUT2D eigenvalue weighted by Gasteiger charge is 2.41. The van der Waals surface area contributed by atoms with Crippen LogP contribution in [0.4, 0.5) is 0 Å². The minimum atomic E-state index is -0.320. The first-order valence-corrected chi connectivity index (χ1v) is 6.50. The van der Waals surface area contributed by atoms with E-state index in [1.54, 1.807) is 6.92 Å². The van der Waals surface area contributed by atoms with Crippen molar-refractivity contribution in [3.63, 3.8) is 0 Å². The summed E-state index contributed by atoms with van der Waals surface area (Å²) < 4.78 is 10.1. The third kappa shape index (κ3) is 2.31. The summed E-state index contributed by atoms with van der Waals surface area (Å²) in [6.45, 7) is 7.72. The van der Waals surface area contributed by atoms with E-state index in [-0.39, 0.29) is 28.5 Å². The number of Topliss-reactive ketones (excluding diaryl/α,β-unsaturated/α-hetero) is 2. The molecule has 0 fully saturated rings. The van der Waals surface area contributed by atoms with Crippen molar-refractivity contribution < 1.29 is 19.1 Å². The van der Waals surface area contributed by atoms with Crippen molar-refractivity contribution in [2.75, 3.05) is 14.2 Å². The third-order valence-corrected chi connectivity index (χ3v) is 4.13. The van der Waals surface area contributed by atoms with Crippen LogP contribution in [-0.2, 0) is 19.1 Å². The van der Waals surface area contributed by atoms with E-state index < -0.39 is 0 Å². The standard InChI is InChI=1S/C15H22O4/c1-7-15(4,8-2)10-9(3)11(16)13(18-5)14(19-6)12(10)17/h7-8H2,1-6H3. The summed E-state index contributed by atoms with van der Waals surface area (Å²) in [7, 11) is 2.75. The van der Waals surface area contributed by atoms with Crippen molar-refractivity contribution in [1.29, 1.82) is 0 Å². The minimum absolute atomic E-state index is 0.00306. The first-order valence-electron chi connectivity index (χ1n) is 6.50. The Morgan fingerprint density at radius 2 is 1.37 bits per heavy atom. The van der Waals surface area contributed by atoms with E-state index in [9.17, 15) is 9.59 Å². The largest absolute Gasteiger partial charge is 0.489 e. The van der Waals surface area contributed by atoms with Crippen molar-refractivity contribution in [2.45, 2.75) is 40.5 Å². The molecule has 1 aliphatic rings. The van der Waals surface area contributed by atoms with Gasteiger partial charge in [0.1, 0.15) is 0 Å². The average molecular weight is 266 g/mol. The number of hydrogen-bond donors (Lipinski definition) is 0. The molecule has 1 aliphatic carbocycles. The summed E-state index contributed by atoms with van der Waals surface area (Å²) in [6, 6.07) is 0. The topological polar surface area (TPSA) is 52.6 Å². The summed E-state index contributed by atoms with van der Waals surface area (Å²) in [5, 5.41) is 0. The Morgan fingerprint density at radius 1 is 0.947 bits per heavy atom. The predicted octanol–water partition coefficient (Wildman–Crippen LogP) is 2.79. The molecule has 19 heavy (non-hydrogen) atoms. The molecule has 0 saturated carbocycles. The Balaban J connectivity index is 3.48. The molecule has 0 heterocycles. The van der Waals surface area contributed by atoms with Crippen LogP contribution in [0, 0.1) is 5.41 Å². The maximum Gasteiger partial charge on any atom is 0.228 e. The number of carbonyl (C=O) groups is 2. The van der Waals surface area contributed by atoms with Crippen LogP contribution in [-0.4, -0.2) is 25.8 Å². The molecule has 0 unspecified atom stereocenters. The molecule has 106 valence electrons. The van der Waals surface area contributed by atoms with Crippen molar-refractivity contribution in [3.8, 4) is 0 Å². The molecule has 4 nitrogen and oxygen atoms in total. The average Bonchev–Trinajstić information content (AvgIpc) is 2.42. The number of rotatable bonds is 5. The van der Waals surface area contributed by atoms with Gasteiger partial charge in [0.25, 0.3) is 0 Å². The highest BCUT2D eigenvalue weighted by atomic mass is 16.5. The maximum atomic E-state index is 12.6. The summed E-state index contributed by atoms with van der Waals surface area (Å²) in [4.78, 5) is 24.9. The molecule has 0 aliphatic heterocycles. The Hall–Kier alpha value is -1.58. The van der Waals surface area contributed by atoms with Crippen LogP contribution in [0.15, 0.2) is 22.7 Å². The fraction of sp³-hybridized carbons (Fsp3) is 0.600. The van der Waals surface area contributed by atoms with Gasteiger partial charge in [0, 0.05) is 11.1 Å². The number of ether oxygens (including phenoxy) is 2. The zero-order valence-electron chi connectivity index (χ0n) is 12.5. The number of hydrogen-bond acceptors (Lipinski definition) is 4. The lowest BCUT2D eigenvalue weighted by Gasteiger charge is -2.33. The van der Waals surface area contributed by atoms with E-state index in [1.807, 2.05) is 20.8 Å². The molecular formula is C15H22O4. The van der Waals surface area contributed by atoms with Crippen molar-refractivity contribution in [3.05, 3.63) is 22.7 Å². The first kappa shape index (κ1) is 15.5. The van der Waals surface area contributed by atoms with E-state index in [2.05, 4.69) is 0 Å². The van der Waals surface area contributed by atoms with Gasteiger partial charge in [-0.25, -0.2) is 0 Å². The molecule has 0 amide bonds. The Labute approximate surface area is 114 Å². The van der Waals surface area contributed by atoms with Gasteiger partial charge in [-0.2, -0.15) is 0 Å². The molecule has 4 heteroatoms. The third-order valence-electron chi connectivity index (χ3n) is 4.13. The second kappa shape index (κ2) is 5.59. The van der Waals surface area contributed by atoms with E-state index in [4.69, 9.17) is 9.47 Å². The van der Waals surface area contributed by atoms with Crippen LogP contribution in [0.2, 0.25) is 0 Å². The molecule has 0 spiro atoms. The van der Waals surface area contributed by atoms with Crippen LogP contribution < -0.4 is 0 Å². The minimum Gasteiger partial charge on any atom is -0.489 e. The smallest absolute Gasteiger partial charge is 0.228 e. The van der Waals surface area contributed by atoms with Gasteiger partial charge in [-0.05, 0) is 25.2 Å². The fourth-order valence-corrected chi connectivity index (χ4v) is 2.47. The molecule has 0 aromatic heterocycles. The molecule has 0 bridgehead atoms. The van der Waals surface area contributed by atoms with Crippen LogP contribution in [0.25, 0.3) is 0 Å². The van der Waals surface area contributed by atoms with Crippen molar-refractivity contribution in [1.82, 2.24) is 0 Å². The SMILES string of the molecule is CCC(C)(CC)C1=C(C)C(=O)C(OC)=C(OC)C1=O. The molecule has 0 aromatic rings. The fourth-order valence-electron chi connectivity index (χ4n) is 2.47. The Kier molecular flexibility index (Phi) is 4.56. The van der Waals surface area contributed by atoms with Gasteiger partial charge in [-0.15, -0.1) is 0 Å². The van der Waals surface area contributed by atoms with Crippen LogP contribution in [0.1, 0.15) is 40.5 Å².